The molecule has 0 spiro atoms. The molecule has 173 valence electrons. The zero-order valence-corrected chi connectivity index (χ0v) is 20.2. The van der Waals surface area contributed by atoms with Gasteiger partial charge in [0.05, 0.1) is 17.9 Å². The van der Waals surface area contributed by atoms with Gasteiger partial charge in [-0.2, -0.15) is 0 Å². The third kappa shape index (κ3) is 17.2. The fourth-order valence-corrected chi connectivity index (χ4v) is 2.19. The second-order valence-electron chi connectivity index (χ2n) is 6.19. The predicted molar refractivity (Wildman–Crippen MR) is 121 cm³/mol. The van der Waals surface area contributed by atoms with Gasteiger partial charge < -0.3 is 29.7 Å². The summed E-state index contributed by atoms with van der Waals surface area (Å²) in [6.45, 7) is 0. The first kappa shape index (κ1) is 30.6. The van der Waals surface area contributed by atoms with Crippen molar-refractivity contribution in [1.82, 2.24) is 0 Å². The third-order valence-electron chi connectivity index (χ3n) is 3.63. The number of carboxylic acids is 3. The Balaban J connectivity index is 0.000000473. The van der Waals surface area contributed by atoms with Crippen LogP contribution in [0.4, 0.5) is 0 Å². The molecule has 7 heteroatoms. The molecule has 6 nitrogen and oxygen atoms in total. The minimum atomic E-state index is -1.17. The van der Waals surface area contributed by atoms with Gasteiger partial charge in [0.15, 0.2) is 0 Å². The Bertz CT molecular complexity index is 934. The summed E-state index contributed by atoms with van der Waals surface area (Å²) in [7, 11) is 0. The van der Waals surface area contributed by atoms with Crippen molar-refractivity contribution in [1.29, 1.82) is 0 Å². The van der Waals surface area contributed by atoms with E-state index in [0.717, 1.165) is 34.9 Å². The molecule has 0 aliphatic carbocycles. The van der Waals surface area contributed by atoms with E-state index >= 15 is 0 Å². The number of hydrogen-bond donors (Lipinski definition) is 0. The number of benzene rings is 3. The van der Waals surface area contributed by atoms with Crippen molar-refractivity contribution in [3.8, 4) is 0 Å². The summed E-state index contributed by atoms with van der Waals surface area (Å²) in [5, 5.41) is 29.9. The minimum absolute atomic E-state index is 0. The summed E-state index contributed by atoms with van der Waals surface area (Å²) in [6.07, 6.45) is 7.51. The first-order chi connectivity index (χ1) is 15.9. The summed E-state index contributed by atoms with van der Waals surface area (Å²) in [5.74, 6) is -3.52. The van der Waals surface area contributed by atoms with Crippen LogP contribution in [0.1, 0.15) is 16.7 Å². The van der Waals surface area contributed by atoms with Gasteiger partial charge in [-0.05, 0) is 34.9 Å². The molecular weight excluding hydrogens is 578 g/mol. The summed E-state index contributed by atoms with van der Waals surface area (Å²) < 4.78 is 0. The van der Waals surface area contributed by atoms with E-state index in [1.165, 1.54) is 18.2 Å². The molecule has 0 saturated carbocycles. The summed E-state index contributed by atoms with van der Waals surface area (Å²) in [6, 6.07) is 27.6. The van der Waals surface area contributed by atoms with Gasteiger partial charge in [0.2, 0.25) is 0 Å². The maximum atomic E-state index is 9.97. The van der Waals surface area contributed by atoms with Gasteiger partial charge in [-0.25, -0.2) is 0 Å². The molecule has 0 atom stereocenters. The molecule has 0 amide bonds. The van der Waals surface area contributed by atoms with E-state index in [4.69, 9.17) is 0 Å². The van der Waals surface area contributed by atoms with Crippen LogP contribution in [-0.4, -0.2) is 17.9 Å². The van der Waals surface area contributed by atoms with Crippen LogP contribution in [0.25, 0.3) is 18.2 Å². The van der Waals surface area contributed by atoms with Gasteiger partial charge in [-0.15, -0.1) is 0 Å². The van der Waals surface area contributed by atoms with Gasteiger partial charge >= 0.3 is 39.9 Å². The van der Waals surface area contributed by atoms with Gasteiger partial charge in [-0.3, -0.25) is 0 Å². The molecule has 0 fully saturated rings. The summed E-state index contributed by atoms with van der Waals surface area (Å²) in [5.41, 5.74) is 2.57. The zero-order chi connectivity index (χ0) is 24.3. The number of rotatable bonds is 6. The molecule has 3 rings (SSSR count). The van der Waals surface area contributed by atoms with Crippen LogP contribution in [0, 0.1) is 39.9 Å². The molecule has 0 N–H and O–H groups in total. The van der Waals surface area contributed by atoms with Crippen LogP contribution in [-0.2, 0) is 14.4 Å². The molecule has 3 aromatic carbocycles. The number of carbonyl (C=O) groups is 3. The average molecular weight is 599 g/mol. The predicted octanol–water partition coefficient (Wildman–Crippen LogP) is 1.35. The number of aliphatic carboxylic acids is 3. The van der Waals surface area contributed by atoms with Crippen LogP contribution in [0.5, 0.6) is 0 Å². The van der Waals surface area contributed by atoms with Crippen molar-refractivity contribution >= 4 is 36.1 Å². The first-order valence-corrected chi connectivity index (χ1v) is 9.69. The van der Waals surface area contributed by atoms with Crippen LogP contribution >= 0.6 is 0 Å². The topological polar surface area (TPSA) is 120 Å². The summed E-state index contributed by atoms with van der Waals surface area (Å²) >= 11 is 0. The van der Waals surface area contributed by atoms with E-state index in [0.29, 0.717) is 0 Å². The van der Waals surface area contributed by atoms with Gasteiger partial charge in [0.1, 0.15) is 0 Å². The first-order valence-electron chi connectivity index (χ1n) is 9.69. The van der Waals surface area contributed by atoms with Crippen molar-refractivity contribution in [2.75, 3.05) is 0 Å². The van der Waals surface area contributed by atoms with E-state index in [-0.39, 0.29) is 39.9 Å². The monoisotopic (exact) mass is 599 g/mol. The smallest absolute Gasteiger partial charge is 0.545 e. The van der Waals surface area contributed by atoms with Gasteiger partial charge in [0.25, 0.3) is 0 Å². The Morgan fingerprint density at radius 3 is 0.824 bits per heavy atom. The van der Waals surface area contributed by atoms with Crippen molar-refractivity contribution in [3.05, 3.63) is 126 Å². The largest absolute Gasteiger partial charge is 3.00 e. The molecule has 0 aromatic heterocycles. The van der Waals surface area contributed by atoms with Crippen molar-refractivity contribution in [3.63, 3.8) is 0 Å². The molecular formula is C27H21GdO6. The van der Waals surface area contributed by atoms with Gasteiger partial charge in [-0.1, -0.05) is 109 Å². The molecule has 1 radical (unpaired) electrons. The Morgan fingerprint density at radius 1 is 0.441 bits per heavy atom. The van der Waals surface area contributed by atoms with Crippen LogP contribution in [0.3, 0.4) is 0 Å². The normalized spacial score (nSPS) is 9.88. The zero-order valence-electron chi connectivity index (χ0n) is 17.9. The van der Waals surface area contributed by atoms with Crippen molar-refractivity contribution in [2.45, 2.75) is 0 Å². The van der Waals surface area contributed by atoms with E-state index in [9.17, 15) is 29.7 Å². The number of carbonyl (C=O) groups excluding carboxylic acids is 3. The second kappa shape index (κ2) is 19.1. The van der Waals surface area contributed by atoms with Crippen molar-refractivity contribution < 1.29 is 69.6 Å². The Kier molecular flexibility index (Phi) is 17.2. The standard InChI is InChI=1S/3C9H8O2.Gd/c3*10-9(11)7-6-8-4-2-1-3-5-8;/h3*1-7H,(H,10,11);/q;;;+3/p-3. The minimum Gasteiger partial charge on any atom is -0.545 e. The van der Waals surface area contributed by atoms with Gasteiger partial charge in [0, 0.05) is 0 Å². The number of hydrogen-bond acceptors (Lipinski definition) is 6. The van der Waals surface area contributed by atoms with E-state index < -0.39 is 17.9 Å². The molecule has 34 heavy (non-hydrogen) atoms. The maximum Gasteiger partial charge on any atom is 3.00 e. The fourth-order valence-electron chi connectivity index (χ4n) is 2.19. The molecule has 0 aliphatic heterocycles. The van der Waals surface area contributed by atoms with Crippen LogP contribution in [0.2, 0.25) is 0 Å². The van der Waals surface area contributed by atoms with E-state index in [2.05, 4.69) is 0 Å². The molecule has 3 aromatic rings. The maximum absolute atomic E-state index is 9.97. The SMILES string of the molecule is O=C([O-])C=Cc1ccccc1.O=C([O-])C=Cc1ccccc1.O=C([O-])C=Cc1ccccc1.[Gd+3]. The second-order valence-corrected chi connectivity index (χ2v) is 6.19. The van der Waals surface area contributed by atoms with Crippen molar-refractivity contribution in [2.24, 2.45) is 0 Å². The quantitative estimate of drug-likeness (QED) is 0.395. The van der Waals surface area contributed by atoms with E-state index in [1.54, 1.807) is 0 Å². The Morgan fingerprint density at radius 2 is 0.647 bits per heavy atom. The number of carboxylic acid groups (broad SMARTS) is 3. The molecule has 0 heterocycles. The average Bonchev–Trinajstić information content (AvgIpc) is 2.83. The van der Waals surface area contributed by atoms with Crippen LogP contribution < -0.4 is 15.3 Å². The van der Waals surface area contributed by atoms with E-state index in [1.807, 2.05) is 91.0 Å². The third-order valence-corrected chi connectivity index (χ3v) is 3.63. The molecule has 0 bridgehead atoms. The summed E-state index contributed by atoms with van der Waals surface area (Å²) in [4.78, 5) is 29.9. The molecule has 0 aliphatic rings. The fraction of sp³-hybridized carbons (Fsp3) is 0. The van der Waals surface area contributed by atoms with Crippen LogP contribution in [0.15, 0.2) is 109 Å². The Labute approximate surface area is 230 Å². The Hall–Kier alpha value is -3.39. The molecule has 0 saturated heterocycles. The molecule has 0 unspecified atom stereocenters.